The first kappa shape index (κ1) is 16.6. The molecule has 0 unspecified atom stereocenters. The highest BCUT2D eigenvalue weighted by atomic mass is 16.5. The van der Waals surface area contributed by atoms with Gasteiger partial charge in [0.15, 0.2) is 0 Å². The molecular weight excluding hydrogens is 304 g/mol. The standard InChI is InChI=1S/C18H24N4O2/c1-14-13-20-18(15-3-8-19-9-4-15)22(14)16-5-10-21(11-6-16)17(23)7-12-24-2/h3-4,8-9,13,16H,5-7,10-12H2,1-2H3. The summed E-state index contributed by atoms with van der Waals surface area (Å²) in [6.07, 6.45) is 7.88. The number of ether oxygens (including phenoxy) is 1. The van der Waals surface area contributed by atoms with Gasteiger partial charge in [-0.25, -0.2) is 4.98 Å². The molecule has 6 nitrogen and oxygen atoms in total. The molecule has 2 aromatic rings. The molecule has 128 valence electrons. The lowest BCUT2D eigenvalue weighted by atomic mass is 10.0. The molecule has 6 heteroatoms. The van der Waals surface area contributed by atoms with Crippen LogP contribution in [0.15, 0.2) is 30.7 Å². The van der Waals surface area contributed by atoms with Gasteiger partial charge >= 0.3 is 0 Å². The number of imidazole rings is 1. The van der Waals surface area contributed by atoms with Crippen LogP contribution in [-0.2, 0) is 9.53 Å². The number of hydrogen-bond acceptors (Lipinski definition) is 4. The van der Waals surface area contributed by atoms with E-state index in [1.807, 2.05) is 23.2 Å². The maximum absolute atomic E-state index is 12.1. The van der Waals surface area contributed by atoms with Gasteiger partial charge in [0.2, 0.25) is 5.91 Å². The maximum Gasteiger partial charge on any atom is 0.224 e. The highest BCUT2D eigenvalue weighted by Gasteiger charge is 2.26. The van der Waals surface area contributed by atoms with Crippen LogP contribution in [0.2, 0.25) is 0 Å². The Bertz CT molecular complexity index is 676. The predicted molar refractivity (Wildman–Crippen MR) is 91.5 cm³/mol. The molecule has 1 aliphatic rings. The van der Waals surface area contributed by atoms with Crippen molar-refractivity contribution >= 4 is 5.91 Å². The normalized spacial score (nSPS) is 15.7. The number of piperidine rings is 1. The number of rotatable bonds is 5. The molecule has 0 aromatic carbocycles. The molecule has 1 amide bonds. The fraction of sp³-hybridized carbons (Fsp3) is 0.500. The molecule has 0 atom stereocenters. The van der Waals surface area contributed by atoms with E-state index in [1.165, 1.54) is 0 Å². The average Bonchev–Trinajstić information content (AvgIpc) is 3.02. The number of carbonyl (C=O) groups is 1. The molecule has 1 fully saturated rings. The zero-order valence-electron chi connectivity index (χ0n) is 14.3. The number of likely N-dealkylation sites (tertiary alicyclic amines) is 1. The van der Waals surface area contributed by atoms with E-state index in [4.69, 9.17) is 4.74 Å². The van der Waals surface area contributed by atoms with E-state index >= 15 is 0 Å². The Morgan fingerprint density at radius 3 is 2.67 bits per heavy atom. The van der Waals surface area contributed by atoms with Crippen molar-refractivity contribution in [1.82, 2.24) is 19.4 Å². The molecule has 3 rings (SSSR count). The number of hydrogen-bond donors (Lipinski definition) is 0. The van der Waals surface area contributed by atoms with Gasteiger partial charge in [0.05, 0.1) is 13.0 Å². The van der Waals surface area contributed by atoms with Gasteiger partial charge in [0, 0.05) is 56.1 Å². The third kappa shape index (κ3) is 3.48. The van der Waals surface area contributed by atoms with E-state index in [1.54, 1.807) is 19.5 Å². The summed E-state index contributed by atoms with van der Waals surface area (Å²) in [5.41, 5.74) is 2.24. The lowest BCUT2D eigenvalue weighted by Gasteiger charge is -2.34. The van der Waals surface area contributed by atoms with Crippen LogP contribution in [0.1, 0.15) is 31.0 Å². The van der Waals surface area contributed by atoms with E-state index in [0.717, 1.165) is 43.0 Å². The maximum atomic E-state index is 12.1. The van der Waals surface area contributed by atoms with Crippen LogP contribution in [0.4, 0.5) is 0 Å². The van der Waals surface area contributed by atoms with E-state index < -0.39 is 0 Å². The topological polar surface area (TPSA) is 60.2 Å². The van der Waals surface area contributed by atoms with E-state index in [0.29, 0.717) is 19.1 Å². The summed E-state index contributed by atoms with van der Waals surface area (Å²) in [6, 6.07) is 4.35. The van der Waals surface area contributed by atoms with Gasteiger partial charge < -0.3 is 14.2 Å². The van der Waals surface area contributed by atoms with E-state index in [-0.39, 0.29) is 5.91 Å². The van der Waals surface area contributed by atoms with Gasteiger partial charge in [-0.1, -0.05) is 0 Å². The highest BCUT2D eigenvalue weighted by Crippen LogP contribution is 2.30. The molecule has 0 N–H and O–H groups in total. The summed E-state index contributed by atoms with van der Waals surface area (Å²) in [7, 11) is 1.63. The summed E-state index contributed by atoms with van der Waals surface area (Å²) in [6.45, 7) is 4.17. The second kappa shape index (κ2) is 7.57. The van der Waals surface area contributed by atoms with Crippen LogP contribution < -0.4 is 0 Å². The minimum absolute atomic E-state index is 0.187. The summed E-state index contributed by atoms with van der Waals surface area (Å²) >= 11 is 0. The lowest BCUT2D eigenvalue weighted by Crippen LogP contribution is -2.39. The number of methoxy groups -OCH3 is 1. The molecule has 0 spiro atoms. The Hall–Kier alpha value is -2.21. The molecule has 1 saturated heterocycles. The SMILES string of the molecule is COCCC(=O)N1CCC(n2c(C)cnc2-c2ccncc2)CC1. The zero-order chi connectivity index (χ0) is 16.9. The quantitative estimate of drug-likeness (QED) is 0.846. The first-order chi connectivity index (χ1) is 11.7. The summed E-state index contributed by atoms with van der Waals surface area (Å²) < 4.78 is 7.31. The minimum Gasteiger partial charge on any atom is -0.384 e. The fourth-order valence-corrected chi connectivity index (χ4v) is 3.34. The average molecular weight is 328 g/mol. The second-order valence-electron chi connectivity index (χ2n) is 6.18. The molecule has 0 bridgehead atoms. The molecule has 24 heavy (non-hydrogen) atoms. The first-order valence-corrected chi connectivity index (χ1v) is 8.41. The summed E-state index contributed by atoms with van der Waals surface area (Å²) in [5, 5.41) is 0. The van der Waals surface area contributed by atoms with Gasteiger partial charge in [-0.15, -0.1) is 0 Å². The van der Waals surface area contributed by atoms with Crippen LogP contribution in [0.25, 0.3) is 11.4 Å². The van der Waals surface area contributed by atoms with Crippen molar-refractivity contribution < 1.29 is 9.53 Å². The van der Waals surface area contributed by atoms with Crippen molar-refractivity contribution in [2.75, 3.05) is 26.8 Å². The molecular formula is C18H24N4O2. The van der Waals surface area contributed by atoms with Crippen molar-refractivity contribution in [2.24, 2.45) is 0 Å². The molecule has 0 radical (unpaired) electrons. The summed E-state index contributed by atoms with van der Waals surface area (Å²) in [5.74, 6) is 1.17. The van der Waals surface area contributed by atoms with Gasteiger partial charge in [-0.2, -0.15) is 0 Å². The molecule has 0 aliphatic carbocycles. The Balaban J connectivity index is 1.71. The van der Waals surface area contributed by atoms with Gasteiger partial charge in [-0.3, -0.25) is 9.78 Å². The number of nitrogens with zero attached hydrogens (tertiary/aromatic N) is 4. The highest BCUT2D eigenvalue weighted by molar-refractivity contribution is 5.76. The summed E-state index contributed by atoms with van der Waals surface area (Å²) in [4.78, 5) is 22.8. The van der Waals surface area contributed by atoms with Crippen LogP contribution in [0.3, 0.4) is 0 Å². The van der Waals surface area contributed by atoms with Crippen LogP contribution >= 0.6 is 0 Å². The van der Waals surface area contributed by atoms with E-state index in [9.17, 15) is 4.79 Å². The van der Waals surface area contributed by atoms with Crippen molar-refractivity contribution in [3.63, 3.8) is 0 Å². The smallest absolute Gasteiger partial charge is 0.224 e. The Kier molecular flexibility index (Phi) is 5.25. The second-order valence-corrected chi connectivity index (χ2v) is 6.18. The largest absolute Gasteiger partial charge is 0.384 e. The zero-order valence-corrected chi connectivity index (χ0v) is 14.3. The Labute approximate surface area is 142 Å². The molecule has 2 aromatic heterocycles. The third-order valence-corrected chi connectivity index (χ3v) is 4.62. The first-order valence-electron chi connectivity index (χ1n) is 8.41. The van der Waals surface area contributed by atoms with Gasteiger partial charge in [0.25, 0.3) is 0 Å². The van der Waals surface area contributed by atoms with Gasteiger partial charge in [0.1, 0.15) is 5.82 Å². The Morgan fingerprint density at radius 1 is 1.29 bits per heavy atom. The molecule has 0 saturated carbocycles. The number of aromatic nitrogens is 3. The lowest BCUT2D eigenvalue weighted by molar-refractivity contribution is -0.133. The van der Waals surface area contributed by atoms with Crippen LogP contribution in [0.5, 0.6) is 0 Å². The van der Waals surface area contributed by atoms with E-state index in [2.05, 4.69) is 21.5 Å². The number of amides is 1. The predicted octanol–water partition coefficient (Wildman–Crippen LogP) is 2.45. The number of carbonyl (C=O) groups excluding carboxylic acids is 1. The third-order valence-electron chi connectivity index (χ3n) is 4.62. The number of pyridine rings is 1. The Morgan fingerprint density at radius 2 is 2.00 bits per heavy atom. The van der Waals surface area contributed by atoms with Crippen LogP contribution in [0, 0.1) is 6.92 Å². The van der Waals surface area contributed by atoms with Crippen LogP contribution in [-0.4, -0.2) is 52.1 Å². The molecule has 1 aliphatic heterocycles. The minimum atomic E-state index is 0.187. The van der Waals surface area contributed by atoms with Crippen molar-refractivity contribution in [1.29, 1.82) is 0 Å². The number of aryl methyl sites for hydroxylation is 1. The van der Waals surface area contributed by atoms with Gasteiger partial charge in [-0.05, 0) is 31.9 Å². The fourth-order valence-electron chi connectivity index (χ4n) is 3.34. The van der Waals surface area contributed by atoms with Crippen molar-refractivity contribution in [3.8, 4) is 11.4 Å². The monoisotopic (exact) mass is 328 g/mol. The molecule has 3 heterocycles. The van der Waals surface area contributed by atoms with Crippen molar-refractivity contribution in [3.05, 3.63) is 36.4 Å². The van der Waals surface area contributed by atoms with Crippen molar-refractivity contribution in [2.45, 2.75) is 32.2 Å².